The van der Waals surface area contributed by atoms with E-state index in [1.807, 2.05) is 4.57 Å². The maximum Gasteiger partial charge on any atom is 0.165 e. The number of hydrogen-bond donors (Lipinski definition) is 0. The molecule has 0 aliphatic rings. The van der Waals surface area contributed by atoms with Crippen LogP contribution in [0.3, 0.4) is 0 Å². The quantitative estimate of drug-likeness (QED) is 0.753. The first-order chi connectivity index (χ1) is 7.24. The predicted molar refractivity (Wildman–Crippen MR) is 60.0 cm³/mol. The van der Waals surface area contributed by atoms with Crippen LogP contribution in [-0.4, -0.2) is 19.5 Å². The Morgan fingerprint density at radius 3 is 2.93 bits per heavy atom. The van der Waals surface area contributed by atoms with Crippen molar-refractivity contribution in [2.75, 3.05) is 0 Å². The van der Waals surface area contributed by atoms with Gasteiger partial charge in [0.25, 0.3) is 0 Å². The number of aromatic nitrogens is 4. The molecule has 0 bridgehead atoms. The molecule has 0 N–H and O–H groups in total. The Hall–Kier alpha value is -1.16. The van der Waals surface area contributed by atoms with Crippen molar-refractivity contribution in [2.45, 2.75) is 32.7 Å². The fraction of sp³-hybridized carbons (Fsp3) is 0.500. The average Bonchev–Trinajstić information content (AvgIpc) is 2.63. The van der Waals surface area contributed by atoms with Gasteiger partial charge in [-0.05, 0) is 13.3 Å². The molecule has 15 heavy (non-hydrogen) atoms. The zero-order valence-corrected chi connectivity index (χ0v) is 9.57. The Morgan fingerprint density at radius 2 is 2.20 bits per heavy atom. The second-order valence-corrected chi connectivity index (χ2v) is 3.98. The molecule has 0 fully saturated rings. The van der Waals surface area contributed by atoms with E-state index in [9.17, 15) is 0 Å². The van der Waals surface area contributed by atoms with Crippen LogP contribution in [0.4, 0.5) is 0 Å². The van der Waals surface area contributed by atoms with Gasteiger partial charge in [-0.3, -0.25) is 0 Å². The predicted octanol–water partition coefficient (Wildman–Crippen LogP) is 2.84. The minimum atomic E-state index is 0.394. The van der Waals surface area contributed by atoms with Gasteiger partial charge in [0.05, 0.1) is 6.33 Å². The highest BCUT2D eigenvalue weighted by molar-refractivity contribution is 6.33. The molecule has 0 aromatic carbocycles. The van der Waals surface area contributed by atoms with Gasteiger partial charge in [0.2, 0.25) is 0 Å². The monoisotopic (exact) mass is 224 g/mol. The first-order valence-electron chi connectivity index (χ1n) is 5.07. The Labute approximate surface area is 93.3 Å². The van der Waals surface area contributed by atoms with Crippen molar-refractivity contribution in [3.63, 3.8) is 0 Å². The molecule has 4 nitrogen and oxygen atoms in total. The smallest absolute Gasteiger partial charge is 0.165 e. The highest BCUT2D eigenvalue weighted by Crippen LogP contribution is 2.22. The van der Waals surface area contributed by atoms with Gasteiger partial charge in [0.15, 0.2) is 10.8 Å². The molecule has 0 radical (unpaired) electrons. The Kier molecular flexibility index (Phi) is 2.86. The topological polar surface area (TPSA) is 43.6 Å². The fourth-order valence-electron chi connectivity index (χ4n) is 1.70. The summed E-state index contributed by atoms with van der Waals surface area (Å²) in [6, 6.07) is 0.394. The second kappa shape index (κ2) is 4.14. The second-order valence-electron chi connectivity index (χ2n) is 3.63. The van der Waals surface area contributed by atoms with Gasteiger partial charge in [-0.2, -0.15) is 0 Å². The van der Waals surface area contributed by atoms with Crippen LogP contribution in [0, 0.1) is 0 Å². The lowest BCUT2D eigenvalue weighted by molar-refractivity contribution is 0.509. The summed E-state index contributed by atoms with van der Waals surface area (Å²) >= 11 is 5.93. The molecular weight excluding hydrogens is 212 g/mol. The Balaban J connectivity index is 2.49. The van der Waals surface area contributed by atoms with Crippen LogP contribution in [0.15, 0.2) is 12.7 Å². The molecule has 0 aliphatic carbocycles. The zero-order valence-electron chi connectivity index (χ0n) is 8.81. The molecule has 2 aromatic heterocycles. The van der Waals surface area contributed by atoms with Gasteiger partial charge in [-0.1, -0.05) is 24.9 Å². The van der Waals surface area contributed by atoms with Crippen molar-refractivity contribution in [3.05, 3.63) is 17.8 Å². The van der Waals surface area contributed by atoms with Crippen molar-refractivity contribution in [2.24, 2.45) is 0 Å². The summed E-state index contributed by atoms with van der Waals surface area (Å²) < 4.78 is 2.05. The molecule has 0 spiro atoms. The highest BCUT2D eigenvalue weighted by Gasteiger charge is 2.11. The summed E-state index contributed by atoms with van der Waals surface area (Å²) in [6.45, 7) is 4.32. The normalized spacial score (nSPS) is 13.3. The highest BCUT2D eigenvalue weighted by atomic mass is 35.5. The third-order valence-electron chi connectivity index (χ3n) is 2.50. The van der Waals surface area contributed by atoms with E-state index < -0.39 is 0 Å². The van der Waals surface area contributed by atoms with Crippen LogP contribution >= 0.6 is 11.6 Å². The first-order valence-corrected chi connectivity index (χ1v) is 5.45. The van der Waals surface area contributed by atoms with Crippen LogP contribution in [-0.2, 0) is 0 Å². The zero-order chi connectivity index (χ0) is 10.8. The van der Waals surface area contributed by atoms with Gasteiger partial charge in [-0.15, -0.1) is 0 Å². The van der Waals surface area contributed by atoms with E-state index in [1.54, 1.807) is 6.33 Å². The Bertz CT molecular complexity index is 465. The third kappa shape index (κ3) is 1.81. The molecule has 2 heterocycles. The van der Waals surface area contributed by atoms with Gasteiger partial charge < -0.3 is 4.57 Å². The van der Waals surface area contributed by atoms with Gasteiger partial charge >= 0.3 is 0 Å². The van der Waals surface area contributed by atoms with E-state index in [-0.39, 0.29) is 0 Å². The lowest BCUT2D eigenvalue weighted by atomic mass is 10.2. The molecule has 0 saturated heterocycles. The lowest BCUT2D eigenvalue weighted by Crippen LogP contribution is -2.04. The largest absolute Gasteiger partial charge is 0.312 e. The van der Waals surface area contributed by atoms with Gasteiger partial charge in [-0.25, -0.2) is 15.0 Å². The fourth-order valence-corrected chi connectivity index (χ4v) is 1.88. The maximum absolute atomic E-state index is 5.93. The van der Waals surface area contributed by atoms with Crippen LogP contribution in [0.25, 0.3) is 11.2 Å². The minimum absolute atomic E-state index is 0.394. The SMILES string of the molecule is CCCC(C)n1cnc2c(Cl)ncnc21. The summed E-state index contributed by atoms with van der Waals surface area (Å²) in [4.78, 5) is 12.3. The lowest BCUT2D eigenvalue weighted by Gasteiger charge is -2.11. The number of rotatable bonds is 3. The molecule has 5 heteroatoms. The molecule has 0 amide bonds. The van der Waals surface area contributed by atoms with Gasteiger partial charge in [0.1, 0.15) is 11.8 Å². The summed E-state index contributed by atoms with van der Waals surface area (Å²) in [5.41, 5.74) is 1.50. The molecule has 2 aromatic rings. The van der Waals surface area contributed by atoms with E-state index in [0.717, 1.165) is 18.5 Å². The van der Waals surface area contributed by atoms with Crippen LogP contribution in [0.1, 0.15) is 32.7 Å². The molecule has 2 rings (SSSR count). The molecule has 80 valence electrons. The number of hydrogen-bond acceptors (Lipinski definition) is 3. The third-order valence-corrected chi connectivity index (χ3v) is 2.77. The van der Waals surface area contributed by atoms with E-state index in [4.69, 9.17) is 11.6 Å². The van der Waals surface area contributed by atoms with Crippen molar-refractivity contribution < 1.29 is 0 Å². The van der Waals surface area contributed by atoms with Crippen LogP contribution in [0.2, 0.25) is 5.15 Å². The van der Waals surface area contributed by atoms with E-state index in [2.05, 4.69) is 28.8 Å². The molecule has 0 saturated carbocycles. The van der Waals surface area contributed by atoms with Crippen molar-refractivity contribution in [1.82, 2.24) is 19.5 Å². The first kappa shape index (κ1) is 10.4. The van der Waals surface area contributed by atoms with Crippen molar-refractivity contribution >= 4 is 22.8 Å². The minimum Gasteiger partial charge on any atom is -0.312 e. The molecule has 1 unspecified atom stereocenters. The summed E-state index contributed by atoms with van der Waals surface area (Å²) in [5, 5.41) is 0.419. The van der Waals surface area contributed by atoms with Crippen molar-refractivity contribution in [1.29, 1.82) is 0 Å². The molecule has 0 aliphatic heterocycles. The summed E-state index contributed by atoms with van der Waals surface area (Å²) in [6.07, 6.45) is 5.50. The standard InChI is InChI=1S/C10H13ClN4/c1-3-4-7(2)15-6-14-8-9(11)12-5-13-10(8)15/h5-7H,3-4H2,1-2H3. The van der Waals surface area contributed by atoms with Crippen molar-refractivity contribution in [3.8, 4) is 0 Å². The number of imidazole rings is 1. The number of halogens is 1. The van der Waals surface area contributed by atoms with E-state index >= 15 is 0 Å². The van der Waals surface area contributed by atoms with E-state index in [0.29, 0.717) is 16.7 Å². The van der Waals surface area contributed by atoms with Gasteiger partial charge in [0, 0.05) is 6.04 Å². The number of nitrogens with zero attached hydrogens (tertiary/aromatic N) is 4. The Morgan fingerprint density at radius 1 is 1.40 bits per heavy atom. The van der Waals surface area contributed by atoms with Crippen LogP contribution in [0.5, 0.6) is 0 Å². The number of fused-ring (bicyclic) bond motifs is 1. The van der Waals surface area contributed by atoms with E-state index in [1.165, 1.54) is 6.33 Å². The summed E-state index contributed by atoms with van der Waals surface area (Å²) in [5.74, 6) is 0. The molecule has 1 atom stereocenters. The summed E-state index contributed by atoms with van der Waals surface area (Å²) in [7, 11) is 0. The van der Waals surface area contributed by atoms with Crippen LogP contribution < -0.4 is 0 Å². The maximum atomic E-state index is 5.93. The molecular formula is C10H13ClN4. The average molecular weight is 225 g/mol.